The molecule has 146 valence electrons. The van der Waals surface area contributed by atoms with Crippen molar-refractivity contribution in [3.8, 4) is 10.6 Å². The Hall–Kier alpha value is -1.93. The lowest BCUT2D eigenvalue weighted by Gasteiger charge is -2.22. The number of halogens is 3. The molecule has 0 bridgehead atoms. The number of amides is 1. The molecule has 1 atom stereocenters. The molecule has 1 fully saturated rings. The molecule has 1 unspecified atom stereocenters. The van der Waals surface area contributed by atoms with E-state index in [1.54, 1.807) is 5.38 Å². The zero-order valence-electron chi connectivity index (χ0n) is 15.1. The first-order valence-electron chi connectivity index (χ1n) is 8.99. The minimum Gasteiger partial charge on any atom is -0.354 e. The van der Waals surface area contributed by atoms with E-state index in [1.165, 1.54) is 23.5 Å². The number of alkyl halides is 3. The minimum absolute atomic E-state index is 0.0813. The van der Waals surface area contributed by atoms with E-state index in [0.717, 1.165) is 38.1 Å². The van der Waals surface area contributed by atoms with Crippen LogP contribution in [0.2, 0.25) is 0 Å². The highest BCUT2D eigenvalue weighted by Gasteiger charge is 2.30. The second-order valence-electron chi connectivity index (χ2n) is 6.62. The molecule has 0 saturated carbocycles. The van der Waals surface area contributed by atoms with Crippen molar-refractivity contribution in [3.05, 3.63) is 40.9 Å². The Bertz CT molecular complexity index is 773. The number of nitrogens with zero attached hydrogens (tertiary/aromatic N) is 2. The smallest absolute Gasteiger partial charge is 0.354 e. The maximum Gasteiger partial charge on any atom is 0.416 e. The average Bonchev–Trinajstić information content (AvgIpc) is 3.28. The lowest BCUT2D eigenvalue weighted by Crippen LogP contribution is -2.40. The van der Waals surface area contributed by atoms with Crippen LogP contribution < -0.4 is 5.32 Å². The second-order valence-corrected chi connectivity index (χ2v) is 7.48. The molecule has 1 amide bonds. The van der Waals surface area contributed by atoms with Crippen molar-refractivity contribution in [1.29, 1.82) is 0 Å². The number of carbonyl (C=O) groups is 1. The van der Waals surface area contributed by atoms with Gasteiger partial charge in [0.25, 0.3) is 0 Å². The number of aromatic nitrogens is 1. The van der Waals surface area contributed by atoms with Crippen molar-refractivity contribution < 1.29 is 18.0 Å². The van der Waals surface area contributed by atoms with Crippen LogP contribution in [0.15, 0.2) is 29.6 Å². The van der Waals surface area contributed by atoms with Gasteiger partial charge in [0.05, 0.1) is 17.7 Å². The van der Waals surface area contributed by atoms with E-state index in [1.807, 2.05) is 0 Å². The van der Waals surface area contributed by atoms with E-state index in [0.29, 0.717) is 28.9 Å². The van der Waals surface area contributed by atoms with Crippen LogP contribution >= 0.6 is 11.3 Å². The molecule has 1 saturated heterocycles. The summed E-state index contributed by atoms with van der Waals surface area (Å²) in [7, 11) is 0. The number of thiazole rings is 1. The van der Waals surface area contributed by atoms with Crippen molar-refractivity contribution in [3.63, 3.8) is 0 Å². The summed E-state index contributed by atoms with van der Waals surface area (Å²) in [5.41, 5.74) is 0.561. The Morgan fingerprint density at radius 1 is 1.33 bits per heavy atom. The quantitative estimate of drug-likeness (QED) is 0.802. The van der Waals surface area contributed by atoms with Gasteiger partial charge in [0.2, 0.25) is 5.91 Å². The van der Waals surface area contributed by atoms with Gasteiger partial charge in [-0.1, -0.05) is 19.1 Å². The van der Waals surface area contributed by atoms with Gasteiger partial charge in [-0.3, -0.25) is 9.69 Å². The molecule has 0 spiro atoms. The summed E-state index contributed by atoms with van der Waals surface area (Å²) < 4.78 is 37.9. The van der Waals surface area contributed by atoms with Crippen LogP contribution in [0.5, 0.6) is 0 Å². The first-order chi connectivity index (χ1) is 12.9. The van der Waals surface area contributed by atoms with Crippen LogP contribution in [-0.4, -0.2) is 41.5 Å². The topological polar surface area (TPSA) is 45.2 Å². The molecular weight excluding hydrogens is 375 g/mol. The molecular formula is C19H22F3N3OS. The van der Waals surface area contributed by atoms with Crippen molar-refractivity contribution >= 4 is 17.2 Å². The summed E-state index contributed by atoms with van der Waals surface area (Å²) in [5, 5.41) is 5.36. The van der Waals surface area contributed by atoms with Crippen LogP contribution in [0.4, 0.5) is 13.2 Å². The summed E-state index contributed by atoms with van der Waals surface area (Å²) in [6, 6.07) is 5.31. The predicted molar refractivity (Wildman–Crippen MR) is 99.5 cm³/mol. The van der Waals surface area contributed by atoms with Crippen LogP contribution in [-0.2, 0) is 17.4 Å². The van der Waals surface area contributed by atoms with E-state index in [-0.39, 0.29) is 12.3 Å². The fourth-order valence-electron chi connectivity index (χ4n) is 3.32. The van der Waals surface area contributed by atoms with Crippen LogP contribution in [0.3, 0.4) is 0 Å². The van der Waals surface area contributed by atoms with Gasteiger partial charge in [0.15, 0.2) is 0 Å². The maximum atomic E-state index is 12.6. The Balaban J connectivity index is 1.55. The lowest BCUT2D eigenvalue weighted by molar-refractivity contribution is -0.137. The third kappa shape index (κ3) is 5.07. The summed E-state index contributed by atoms with van der Waals surface area (Å²) in [6.45, 7) is 4.84. The van der Waals surface area contributed by atoms with E-state index in [2.05, 4.69) is 22.1 Å². The van der Waals surface area contributed by atoms with Gasteiger partial charge in [-0.25, -0.2) is 4.98 Å². The van der Waals surface area contributed by atoms with E-state index in [9.17, 15) is 18.0 Å². The molecule has 2 heterocycles. The van der Waals surface area contributed by atoms with Crippen molar-refractivity contribution in [2.75, 3.05) is 19.6 Å². The van der Waals surface area contributed by atoms with Crippen molar-refractivity contribution in [1.82, 2.24) is 15.2 Å². The van der Waals surface area contributed by atoms with Crippen molar-refractivity contribution in [2.45, 2.75) is 38.4 Å². The highest BCUT2D eigenvalue weighted by Crippen LogP contribution is 2.31. The minimum atomic E-state index is -4.35. The SMILES string of the molecule is CCN1CCCC1CNC(=O)Cc1csc(-c2ccc(C(F)(F)F)cc2)n1. The third-order valence-corrected chi connectivity index (χ3v) is 5.73. The number of hydrogen-bond acceptors (Lipinski definition) is 4. The van der Waals surface area contributed by atoms with Gasteiger partial charge in [-0.15, -0.1) is 11.3 Å². The fraction of sp³-hybridized carbons (Fsp3) is 0.474. The summed E-state index contributed by atoms with van der Waals surface area (Å²) in [6.07, 6.45) is -1.91. The molecule has 1 N–H and O–H groups in total. The number of benzene rings is 1. The molecule has 2 aromatic rings. The monoisotopic (exact) mass is 397 g/mol. The predicted octanol–water partition coefficient (Wildman–Crippen LogP) is 3.97. The molecule has 4 nitrogen and oxygen atoms in total. The number of hydrogen-bond donors (Lipinski definition) is 1. The standard InChI is InChI=1S/C19H22F3N3OS/c1-2-25-9-3-4-16(25)11-23-17(26)10-15-12-27-18(24-15)13-5-7-14(8-6-13)19(20,21)22/h5-8,12,16H,2-4,9-11H2,1H3,(H,23,26). The fourth-order valence-corrected chi connectivity index (χ4v) is 4.15. The van der Waals surface area contributed by atoms with Gasteiger partial charge >= 0.3 is 6.18 Å². The average molecular weight is 397 g/mol. The zero-order valence-corrected chi connectivity index (χ0v) is 15.9. The summed E-state index contributed by atoms with van der Waals surface area (Å²) in [5.74, 6) is -0.0813. The molecule has 3 rings (SSSR count). The number of likely N-dealkylation sites (tertiary alicyclic amines) is 1. The molecule has 8 heteroatoms. The van der Waals surface area contributed by atoms with E-state index >= 15 is 0 Å². The Kier molecular flexibility index (Phi) is 6.16. The number of nitrogens with one attached hydrogen (secondary N) is 1. The van der Waals surface area contributed by atoms with Crippen LogP contribution in [0, 0.1) is 0 Å². The van der Waals surface area contributed by atoms with Gasteiger partial charge in [-0.05, 0) is 38.1 Å². The van der Waals surface area contributed by atoms with Gasteiger partial charge < -0.3 is 5.32 Å². The summed E-state index contributed by atoms with van der Waals surface area (Å²) in [4.78, 5) is 18.9. The van der Waals surface area contributed by atoms with Crippen molar-refractivity contribution in [2.24, 2.45) is 0 Å². The molecule has 1 aromatic heterocycles. The molecule has 1 aliphatic heterocycles. The lowest BCUT2D eigenvalue weighted by atomic mass is 10.1. The normalized spacial score (nSPS) is 18.0. The largest absolute Gasteiger partial charge is 0.416 e. The summed E-state index contributed by atoms with van der Waals surface area (Å²) >= 11 is 1.32. The number of likely N-dealkylation sites (N-methyl/N-ethyl adjacent to an activating group) is 1. The Morgan fingerprint density at radius 2 is 2.07 bits per heavy atom. The zero-order chi connectivity index (χ0) is 19.4. The van der Waals surface area contributed by atoms with Crippen LogP contribution in [0.1, 0.15) is 31.0 Å². The maximum absolute atomic E-state index is 12.6. The highest BCUT2D eigenvalue weighted by atomic mass is 32.1. The number of rotatable bonds is 6. The first-order valence-corrected chi connectivity index (χ1v) is 9.87. The van der Waals surface area contributed by atoms with Gasteiger partial charge in [0, 0.05) is 23.5 Å². The highest BCUT2D eigenvalue weighted by molar-refractivity contribution is 7.13. The van der Waals surface area contributed by atoms with Crippen LogP contribution in [0.25, 0.3) is 10.6 Å². The third-order valence-electron chi connectivity index (χ3n) is 4.79. The van der Waals surface area contributed by atoms with Gasteiger partial charge in [-0.2, -0.15) is 13.2 Å². The van der Waals surface area contributed by atoms with Gasteiger partial charge in [0.1, 0.15) is 5.01 Å². The Labute approximate surface area is 160 Å². The second kappa shape index (κ2) is 8.39. The molecule has 1 aliphatic rings. The molecule has 0 aliphatic carbocycles. The number of carbonyl (C=O) groups excluding carboxylic acids is 1. The van der Waals surface area contributed by atoms with E-state index < -0.39 is 11.7 Å². The molecule has 27 heavy (non-hydrogen) atoms. The van der Waals surface area contributed by atoms with E-state index in [4.69, 9.17) is 0 Å². The molecule has 0 radical (unpaired) electrons. The first kappa shape index (κ1) is 19.8. The molecule has 1 aromatic carbocycles. The Morgan fingerprint density at radius 3 is 2.74 bits per heavy atom.